The van der Waals surface area contributed by atoms with Crippen LogP contribution in [-0.4, -0.2) is 39.4 Å². The molecule has 0 radical (unpaired) electrons. The lowest BCUT2D eigenvalue weighted by atomic mass is 9.92. The molecule has 2 aliphatic rings. The highest BCUT2D eigenvalue weighted by Gasteiger charge is 2.31. The zero-order valence-electron chi connectivity index (χ0n) is 22.1. The lowest BCUT2D eigenvalue weighted by Gasteiger charge is -2.34. The highest BCUT2D eigenvalue weighted by Crippen LogP contribution is 2.39. The molecule has 2 aliphatic heterocycles. The van der Waals surface area contributed by atoms with E-state index < -0.39 is 11.9 Å². The Morgan fingerprint density at radius 3 is 2.76 bits per heavy atom. The van der Waals surface area contributed by atoms with Crippen LogP contribution in [0.25, 0.3) is 16.7 Å². The van der Waals surface area contributed by atoms with Gasteiger partial charge < -0.3 is 15.3 Å². The van der Waals surface area contributed by atoms with Crippen LogP contribution in [0.3, 0.4) is 0 Å². The zero-order chi connectivity index (χ0) is 29.3. The van der Waals surface area contributed by atoms with E-state index in [1.54, 1.807) is 41.4 Å². The van der Waals surface area contributed by atoms with E-state index in [4.69, 9.17) is 16.7 Å². The molecule has 212 valence electrons. The number of amides is 3. The molecule has 0 saturated heterocycles. The second kappa shape index (κ2) is 12.0. The minimum atomic E-state index is -1.21. The number of fused-ring (bicyclic) bond motifs is 4. The lowest BCUT2D eigenvalue weighted by molar-refractivity contribution is -0.129. The number of nitrogens with zero attached hydrogens (tertiary/aromatic N) is 2. The average Bonchev–Trinajstić information content (AvgIpc) is 2.93. The summed E-state index contributed by atoms with van der Waals surface area (Å²) in [6.45, 7) is 2.20. The number of pyridine rings is 1. The van der Waals surface area contributed by atoms with E-state index in [1.165, 1.54) is 12.1 Å². The molecular weight excluding hydrogens is 615 g/mol. The van der Waals surface area contributed by atoms with E-state index in [0.717, 1.165) is 5.56 Å². The molecule has 0 fully saturated rings. The molecule has 1 aromatic heterocycles. The van der Waals surface area contributed by atoms with E-state index in [1.807, 2.05) is 13.0 Å². The van der Waals surface area contributed by atoms with Crippen molar-refractivity contribution in [3.05, 3.63) is 81.3 Å². The lowest BCUT2D eigenvalue weighted by Crippen LogP contribution is -2.38. The largest absolute Gasteiger partial charge is 0.465 e. The van der Waals surface area contributed by atoms with Crippen molar-refractivity contribution in [1.29, 1.82) is 0 Å². The van der Waals surface area contributed by atoms with Crippen molar-refractivity contribution in [1.82, 2.24) is 9.88 Å². The van der Waals surface area contributed by atoms with Crippen LogP contribution in [0.1, 0.15) is 49.9 Å². The minimum Gasteiger partial charge on any atom is -0.465 e. The third-order valence-electron chi connectivity index (χ3n) is 7.47. The van der Waals surface area contributed by atoms with Crippen molar-refractivity contribution in [2.24, 2.45) is 5.92 Å². The smallest absolute Gasteiger partial charge is 0.409 e. The van der Waals surface area contributed by atoms with Gasteiger partial charge in [0.2, 0.25) is 11.8 Å². The maximum atomic E-state index is 14.9. The summed E-state index contributed by atoms with van der Waals surface area (Å²) in [5, 5.41) is 14.4. The van der Waals surface area contributed by atoms with Gasteiger partial charge in [-0.3, -0.25) is 19.9 Å². The van der Waals surface area contributed by atoms with Gasteiger partial charge in [0.05, 0.1) is 22.4 Å². The Morgan fingerprint density at radius 2 is 2.00 bits per heavy atom. The van der Waals surface area contributed by atoms with Gasteiger partial charge in [0.15, 0.2) is 0 Å². The SMILES string of the molecule is C[C@@H]1CCC[C@H](N2CCC(c3c(Br)ccc(Cl)c3F)=CC2=O)c2cc(ccn2)-c2ccc(NC(=O)O)cc2NC1=O. The molecule has 8 nitrogen and oxygen atoms in total. The number of hydrogen-bond donors (Lipinski definition) is 3. The van der Waals surface area contributed by atoms with Gasteiger partial charge in [0, 0.05) is 46.0 Å². The summed E-state index contributed by atoms with van der Waals surface area (Å²) in [4.78, 5) is 44.2. The summed E-state index contributed by atoms with van der Waals surface area (Å²) < 4.78 is 15.4. The number of carbonyl (C=O) groups excluding carboxylic acids is 2. The molecule has 0 spiro atoms. The topological polar surface area (TPSA) is 112 Å². The average molecular weight is 642 g/mol. The maximum absolute atomic E-state index is 14.9. The second-order valence-electron chi connectivity index (χ2n) is 10.2. The first-order valence-electron chi connectivity index (χ1n) is 13.2. The summed E-state index contributed by atoms with van der Waals surface area (Å²) in [6.07, 6.45) is 4.17. The molecule has 2 aromatic carbocycles. The van der Waals surface area contributed by atoms with Crippen LogP contribution in [0, 0.1) is 11.7 Å². The molecule has 3 amide bonds. The molecule has 3 N–H and O–H groups in total. The molecule has 0 aliphatic carbocycles. The number of hydrogen-bond acceptors (Lipinski definition) is 4. The number of benzene rings is 2. The Labute approximate surface area is 249 Å². The highest BCUT2D eigenvalue weighted by atomic mass is 79.9. The molecule has 2 bridgehead atoms. The van der Waals surface area contributed by atoms with Crippen molar-refractivity contribution < 1.29 is 23.9 Å². The van der Waals surface area contributed by atoms with Crippen LogP contribution < -0.4 is 10.6 Å². The fourth-order valence-corrected chi connectivity index (χ4v) is 6.07. The van der Waals surface area contributed by atoms with Crippen LogP contribution in [0.5, 0.6) is 0 Å². The van der Waals surface area contributed by atoms with Gasteiger partial charge in [0.1, 0.15) is 5.82 Å². The predicted molar refractivity (Wildman–Crippen MR) is 159 cm³/mol. The third-order valence-corrected chi connectivity index (χ3v) is 8.42. The van der Waals surface area contributed by atoms with Crippen LogP contribution >= 0.6 is 27.5 Å². The molecule has 11 heteroatoms. The number of nitrogens with one attached hydrogen (secondary N) is 2. The van der Waals surface area contributed by atoms with Gasteiger partial charge >= 0.3 is 6.09 Å². The standard InChI is InChI=1S/C30H27BrClFN4O4/c1-16-3-2-4-25(37-12-10-18(14-26(37)38)27-21(31)7-8-22(32)28(27)33)24-13-17(9-11-34-24)20-6-5-19(35-30(40)41)15-23(20)36-29(16)39/h5-9,11,13-16,25,35H,2-4,10,12H2,1H3,(H,36,39)(H,40,41)/t16-,25+/m1/s1. The van der Waals surface area contributed by atoms with Gasteiger partial charge in [-0.2, -0.15) is 0 Å². The fourth-order valence-electron chi connectivity index (χ4n) is 5.35. The first-order chi connectivity index (χ1) is 19.6. The third kappa shape index (κ3) is 6.13. The molecule has 5 rings (SSSR count). The Kier molecular flexibility index (Phi) is 8.42. The fraction of sp³-hybridized carbons (Fsp3) is 0.267. The van der Waals surface area contributed by atoms with E-state index in [-0.39, 0.29) is 34.4 Å². The van der Waals surface area contributed by atoms with Crippen molar-refractivity contribution in [3.63, 3.8) is 0 Å². The quantitative estimate of drug-likeness (QED) is 0.256. The van der Waals surface area contributed by atoms with Crippen molar-refractivity contribution >= 4 is 62.4 Å². The van der Waals surface area contributed by atoms with Crippen molar-refractivity contribution in [2.75, 3.05) is 17.2 Å². The predicted octanol–water partition coefficient (Wildman–Crippen LogP) is 7.51. The van der Waals surface area contributed by atoms with Crippen molar-refractivity contribution in [3.8, 4) is 11.1 Å². The molecular formula is C30H27BrClFN4O4. The van der Waals surface area contributed by atoms with Crippen LogP contribution in [0.4, 0.5) is 20.6 Å². The van der Waals surface area contributed by atoms with Gasteiger partial charge in [0.25, 0.3) is 0 Å². The second-order valence-corrected chi connectivity index (χ2v) is 11.4. The number of carboxylic acid groups (broad SMARTS) is 1. The first-order valence-corrected chi connectivity index (χ1v) is 14.4. The summed E-state index contributed by atoms with van der Waals surface area (Å²) in [5.74, 6) is -1.32. The van der Waals surface area contributed by atoms with Gasteiger partial charge in [-0.1, -0.05) is 46.9 Å². The number of halogens is 3. The normalized spacial score (nSPS) is 19.3. The number of anilines is 2. The maximum Gasteiger partial charge on any atom is 0.409 e. The highest BCUT2D eigenvalue weighted by molar-refractivity contribution is 9.10. The van der Waals surface area contributed by atoms with Gasteiger partial charge in [-0.05, 0) is 66.8 Å². The van der Waals surface area contributed by atoms with Gasteiger partial charge in [-0.15, -0.1) is 0 Å². The summed E-state index contributed by atoms with van der Waals surface area (Å²) in [7, 11) is 0. The molecule has 3 heterocycles. The number of rotatable bonds is 3. The van der Waals surface area contributed by atoms with Crippen molar-refractivity contribution in [2.45, 2.75) is 38.6 Å². The summed E-state index contributed by atoms with van der Waals surface area (Å²) in [5.41, 5.74) is 3.80. The molecule has 0 unspecified atom stereocenters. The van der Waals surface area contributed by atoms with Crippen LogP contribution in [-0.2, 0) is 9.59 Å². The van der Waals surface area contributed by atoms with Crippen LogP contribution in [0.2, 0.25) is 5.02 Å². The molecule has 3 aromatic rings. The minimum absolute atomic E-state index is 0.0105. The zero-order valence-corrected chi connectivity index (χ0v) is 24.4. The Bertz CT molecular complexity index is 1580. The summed E-state index contributed by atoms with van der Waals surface area (Å²) >= 11 is 9.41. The number of aromatic nitrogens is 1. The van der Waals surface area contributed by atoms with E-state index in [9.17, 15) is 18.8 Å². The Hall–Kier alpha value is -3.76. The van der Waals surface area contributed by atoms with Crippen LogP contribution in [0.15, 0.2) is 59.2 Å². The summed E-state index contributed by atoms with van der Waals surface area (Å²) in [6, 6.07) is 11.4. The molecule has 41 heavy (non-hydrogen) atoms. The number of carbonyl (C=O) groups is 3. The monoisotopic (exact) mass is 640 g/mol. The molecule has 2 atom stereocenters. The molecule has 0 saturated carbocycles. The van der Waals surface area contributed by atoms with E-state index in [0.29, 0.717) is 64.9 Å². The Balaban J connectivity index is 1.53. The Morgan fingerprint density at radius 1 is 1.20 bits per heavy atom. The van der Waals surface area contributed by atoms with E-state index in [2.05, 4.69) is 31.5 Å². The van der Waals surface area contributed by atoms with E-state index >= 15 is 0 Å². The first kappa shape index (κ1) is 28.8. The van der Waals surface area contributed by atoms with Gasteiger partial charge in [-0.25, -0.2) is 9.18 Å².